The maximum atomic E-state index is 14.2. The number of nitrogens with zero attached hydrogens (tertiary/aromatic N) is 3. The van der Waals surface area contributed by atoms with E-state index in [0.29, 0.717) is 38.7 Å². The zero-order valence-corrected chi connectivity index (χ0v) is 25.4. The van der Waals surface area contributed by atoms with Crippen LogP contribution < -0.4 is 21.7 Å². The Kier molecular flexibility index (Phi) is 7.55. The van der Waals surface area contributed by atoms with E-state index in [0.717, 1.165) is 35.8 Å². The van der Waals surface area contributed by atoms with Crippen molar-refractivity contribution in [3.63, 3.8) is 0 Å². The molecule has 3 N–H and O–H groups in total. The number of aliphatic carboxylic acids is 1. The standard InChI is InChI=1S/C31H36N4O7S/c1-16-24-27(36)35(31(2,3)29(37)38)30(39)34(28(24)43-25(16)26-33-9-10-41-26)15-23(21-7-5-6-8-22(21)40-4)42-20-13-17-11-19(32)12-18(17)14-20/h5-10,17-20,23H,11-15,32H2,1-4H3,(H,37,38)/t17-,18+,19?,20?,23?. The fourth-order valence-electron chi connectivity index (χ4n) is 6.90. The van der Waals surface area contributed by atoms with Gasteiger partial charge >= 0.3 is 11.7 Å². The lowest BCUT2D eigenvalue weighted by molar-refractivity contribution is -0.146. The number of oxazole rings is 1. The number of thiophene rings is 1. The molecule has 3 unspecified atom stereocenters. The van der Waals surface area contributed by atoms with E-state index < -0.39 is 28.9 Å². The van der Waals surface area contributed by atoms with Crippen LogP contribution in [0.3, 0.4) is 0 Å². The van der Waals surface area contributed by atoms with Crippen LogP contribution in [0.15, 0.2) is 50.7 Å². The highest BCUT2D eigenvalue weighted by Gasteiger charge is 2.42. The normalized spacial score (nSPS) is 22.6. The third kappa shape index (κ3) is 5.00. The number of rotatable bonds is 9. The molecule has 4 aromatic rings. The first-order valence-electron chi connectivity index (χ1n) is 14.5. The molecule has 3 heterocycles. The predicted octanol–water partition coefficient (Wildman–Crippen LogP) is 4.29. The van der Waals surface area contributed by atoms with Crippen LogP contribution in [0.25, 0.3) is 21.0 Å². The number of fused-ring (bicyclic) bond motifs is 2. The van der Waals surface area contributed by atoms with Gasteiger partial charge in [0.1, 0.15) is 28.5 Å². The minimum atomic E-state index is -1.82. The van der Waals surface area contributed by atoms with Crippen LogP contribution in [0.1, 0.15) is 56.8 Å². The summed E-state index contributed by atoms with van der Waals surface area (Å²) in [6.45, 7) is 4.48. The predicted molar refractivity (Wildman–Crippen MR) is 162 cm³/mol. The minimum absolute atomic E-state index is 0.0298. The van der Waals surface area contributed by atoms with E-state index in [1.54, 1.807) is 14.0 Å². The maximum Gasteiger partial charge on any atom is 0.333 e. The van der Waals surface area contributed by atoms with E-state index in [1.165, 1.54) is 42.2 Å². The number of nitrogens with two attached hydrogens (primary N) is 1. The molecule has 1 aromatic carbocycles. The van der Waals surface area contributed by atoms with Gasteiger partial charge in [-0.15, -0.1) is 11.3 Å². The molecule has 43 heavy (non-hydrogen) atoms. The Balaban J connectivity index is 1.52. The van der Waals surface area contributed by atoms with Crippen LogP contribution in [0.4, 0.5) is 0 Å². The van der Waals surface area contributed by atoms with Crippen LogP contribution in [-0.4, -0.2) is 44.4 Å². The van der Waals surface area contributed by atoms with Crippen molar-refractivity contribution in [2.24, 2.45) is 17.6 Å². The molecular formula is C31H36N4O7S. The van der Waals surface area contributed by atoms with Gasteiger partial charge in [0.05, 0.1) is 36.2 Å². The van der Waals surface area contributed by atoms with Crippen molar-refractivity contribution < 1.29 is 23.8 Å². The van der Waals surface area contributed by atoms with E-state index in [-0.39, 0.29) is 24.1 Å². The average molecular weight is 609 g/mol. The van der Waals surface area contributed by atoms with Gasteiger partial charge in [-0.25, -0.2) is 19.1 Å². The zero-order valence-electron chi connectivity index (χ0n) is 24.6. The number of benzene rings is 1. The summed E-state index contributed by atoms with van der Waals surface area (Å²) in [4.78, 5) is 45.7. The van der Waals surface area contributed by atoms with Gasteiger partial charge in [-0.1, -0.05) is 18.2 Å². The van der Waals surface area contributed by atoms with Gasteiger partial charge in [-0.05, 0) is 69.9 Å². The summed E-state index contributed by atoms with van der Waals surface area (Å²) in [5.41, 5.74) is 4.32. The first-order valence-corrected chi connectivity index (χ1v) is 15.3. The summed E-state index contributed by atoms with van der Waals surface area (Å²) in [6, 6.07) is 7.74. The molecule has 0 spiro atoms. The number of ether oxygens (including phenoxy) is 2. The topological polar surface area (TPSA) is 152 Å². The second kappa shape index (κ2) is 11.1. The SMILES string of the molecule is COc1ccccc1C(Cn1c(=O)n(C(C)(C)C(=O)O)c(=O)c2c(C)c(-c3ncco3)sc21)OC1C[C@H]2CC(N)C[C@H]2C1. The number of para-hydroxylation sites is 1. The first-order chi connectivity index (χ1) is 20.5. The fourth-order valence-corrected chi connectivity index (χ4v) is 8.14. The lowest BCUT2D eigenvalue weighted by Crippen LogP contribution is -2.52. The quantitative estimate of drug-likeness (QED) is 0.283. The van der Waals surface area contributed by atoms with Crippen molar-refractivity contribution in [1.29, 1.82) is 0 Å². The lowest BCUT2D eigenvalue weighted by Gasteiger charge is -2.27. The third-order valence-electron chi connectivity index (χ3n) is 9.12. The molecule has 12 heteroatoms. The Bertz CT molecular complexity index is 1770. The number of carboxylic acids is 1. The van der Waals surface area contributed by atoms with Crippen molar-refractivity contribution in [2.75, 3.05) is 7.11 Å². The summed E-state index contributed by atoms with van der Waals surface area (Å²) in [5, 5.41) is 10.3. The fraction of sp³-hybridized carbons (Fsp3) is 0.484. The Hall–Kier alpha value is -3.74. The van der Waals surface area contributed by atoms with E-state index in [4.69, 9.17) is 19.6 Å². The first kappa shape index (κ1) is 29.3. The molecule has 11 nitrogen and oxygen atoms in total. The highest BCUT2D eigenvalue weighted by Crippen LogP contribution is 2.46. The molecule has 0 aliphatic heterocycles. The smallest absolute Gasteiger partial charge is 0.333 e. The molecule has 3 aromatic heterocycles. The molecule has 2 fully saturated rings. The molecule has 2 saturated carbocycles. The number of aromatic nitrogens is 3. The van der Waals surface area contributed by atoms with Gasteiger partial charge in [0, 0.05) is 11.6 Å². The zero-order chi connectivity index (χ0) is 30.6. The van der Waals surface area contributed by atoms with Crippen molar-refractivity contribution in [2.45, 2.75) is 76.8 Å². The number of methoxy groups -OCH3 is 1. The third-order valence-corrected chi connectivity index (χ3v) is 10.4. The van der Waals surface area contributed by atoms with Crippen molar-refractivity contribution >= 4 is 27.5 Å². The number of carbonyl (C=O) groups is 1. The van der Waals surface area contributed by atoms with E-state index in [9.17, 15) is 19.5 Å². The lowest BCUT2D eigenvalue weighted by atomic mass is 10.0. The molecule has 228 valence electrons. The van der Waals surface area contributed by atoms with Gasteiger partial charge in [0.15, 0.2) is 0 Å². The number of carboxylic acid groups (broad SMARTS) is 1. The largest absolute Gasteiger partial charge is 0.496 e. The molecule has 2 aliphatic rings. The average Bonchev–Trinajstić information content (AvgIpc) is 3.74. The van der Waals surface area contributed by atoms with Crippen LogP contribution in [-0.2, 0) is 21.6 Å². The molecule has 6 rings (SSSR count). The molecule has 0 amide bonds. The number of hydrogen-bond donors (Lipinski definition) is 2. The van der Waals surface area contributed by atoms with Gasteiger partial charge in [0.25, 0.3) is 5.56 Å². The number of aryl methyl sites for hydroxylation is 1. The second-order valence-corrected chi connectivity index (χ2v) is 13.2. The van der Waals surface area contributed by atoms with E-state index in [2.05, 4.69) is 4.98 Å². The van der Waals surface area contributed by atoms with Gasteiger partial charge in [-0.2, -0.15) is 0 Å². The second-order valence-electron chi connectivity index (χ2n) is 12.2. The summed E-state index contributed by atoms with van der Waals surface area (Å²) in [6.07, 6.45) is 6.01. The van der Waals surface area contributed by atoms with E-state index >= 15 is 0 Å². The molecular weight excluding hydrogens is 572 g/mol. The Morgan fingerprint density at radius 3 is 2.53 bits per heavy atom. The van der Waals surface area contributed by atoms with Gasteiger partial charge in [-0.3, -0.25) is 9.36 Å². The van der Waals surface area contributed by atoms with Crippen molar-refractivity contribution in [1.82, 2.24) is 14.1 Å². The monoisotopic (exact) mass is 608 g/mol. The highest BCUT2D eigenvalue weighted by molar-refractivity contribution is 7.22. The van der Waals surface area contributed by atoms with Crippen LogP contribution in [0, 0.1) is 18.8 Å². The minimum Gasteiger partial charge on any atom is -0.496 e. The van der Waals surface area contributed by atoms with Crippen LogP contribution in [0.2, 0.25) is 0 Å². The Labute approximate surface area is 251 Å². The highest BCUT2D eigenvalue weighted by atomic mass is 32.1. The van der Waals surface area contributed by atoms with Crippen molar-refractivity contribution in [3.8, 4) is 16.5 Å². The summed E-state index contributed by atoms with van der Waals surface area (Å²) in [5.74, 6) is 0.642. The van der Waals surface area contributed by atoms with Gasteiger partial charge in [0.2, 0.25) is 5.89 Å². The summed E-state index contributed by atoms with van der Waals surface area (Å²) < 4.78 is 20.4. The molecule has 5 atom stereocenters. The summed E-state index contributed by atoms with van der Waals surface area (Å²) >= 11 is 1.21. The molecule has 0 radical (unpaired) electrons. The molecule has 2 aliphatic carbocycles. The molecule has 0 saturated heterocycles. The van der Waals surface area contributed by atoms with Crippen LogP contribution >= 0.6 is 11.3 Å². The summed E-state index contributed by atoms with van der Waals surface area (Å²) in [7, 11) is 1.59. The van der Waals surface area contributed by atoms with Gasteiger partial charge < -0.3 is 24.7 Å². The van der Waals surface area contributed by atoms with Crippen molar-refractivity contribution in [3.05, 3.63) is 68.7 Å². The molecule has 0 bridgehead atoms. The Morgan fingerprint density at radius 1 is 1.21 bits per heavy atom. The Morgan fingerprint density at radius 2 is 1.91 bits per heavy atom. The maximum absolute atomic E-state index is 14.2. The van der Waals surface area contributed by atoms with Crippen LogP contribution in [0.5, 0.6) is 5.75 Å². The number of hydrogen-bond acceptors (Lipinski definition) is 9. The van der Waals surface area contributed by atoms with E-state index in [1.807, 2.05) is 24.3 Å².